The predicted molar refractivity (Wildman–Crippen MR) is 184 cm³/mol. The third kappa shape index (κ3) is 6.37. The Morgan fingerprint density at radius 3 is 1.80 bits per heavy atom. The molecule has 0 fully saturated rings. The van der Waals surface area contributed by atoms with Crippen LogP contribution in [0.5, 0.6) is 0 Å². The summed E-state index contributed by atoms with van der Waals surface area (Å²) in [5.74, 6) is 0. The Morgan fingerprint density at radius 2 is 1.20 bits per heavy atom. The van der Waals surface area contributed by atoms with Crippen molar-refractivity contribution >= 4 is 35.1 Å². The van der Waals surface area contributed by atoms with Crippen LogP contribution >= 0.6 is 0 Å². The average Bonchev–Trinajstić information content (AvgIpc) is 3.35. The topological polar surface area (TPSA) is 30.7 Å². The second-order valence-electron chi connectivity index (χ2n) is 11.9. The molecular formula is C39H35IrN3Si-2. The molecule has 0 aliphatic heterocycles. The van der Waals surface area contributed by atoms with Crippen molar-refractivity contribution in [3.05, 3.63) is 145 Å². The number of hydrogen-bond acceptors (Lipinski definition) is 2. The molecule has 0 bridgehead atoms. The molecule has 4 aromatic carbocycles. The third-order valence-corrected chi connectivity index (χ3v) is 9.85. The zero-order chi connectivity index (χ0) is 30.0. The van der Waals surface area contributed by atoms with Gasteiger partial charge in [0, 0.05) is 48.8 Å². The quantitative estimate of drug-likeness (QED) is 0.132. The number of para-hydroxylation sites is 2. The summed E-state index contributed by atoms with van der Waals surface area (Å²) in [6, 6.07) is 43.9. The number of hydrogen-bond donors (Lipinski definition) is 0. The summed E-state index contributed by atoms with van der Waals surface area (Å²) in [6.45, 7) is 11.3. The molecule has 44 heavy (non-hydrogen) atoms. The van der Waals surface area contributed by atoms with Gasteiger partial charge in [-0.3, -0.25) is 0 Å². The Bertz CT molecular complexity index is 1990. The molecule has 0 spiro atoms. The van der Waals surface area contributed by atoms with Crippen molar-refractivity contribution in [2.45, 2.75) is 33.5 Å². The van der Waals surface area contributed by atoms with Crippen LogP contribution in [0.15, 0.2) is 122 Å². The molecule has 0 unspecified atom stereocenters. The SMILES string of the molecule is C[Si](C)(C)c1ccc(-c2[c-]cccc2)nc1.Cc1cccc(C)c1-n1c2ccccc2c2cnc(-c3[c-]cccc3)cc21.[Ir]. The van der Waals surface area contributed by atoms with Gasteiger partial charge in [0.05, 0.1) is 19.3 Å². The van der Waals surface area contributed by atoms with E-state index in [4.69, 9.17) is 4.98 Å². The predicted octanol–water partition coefficient (Wildman–Crippen LogP) is 9.35. The van der Waals surface area contributed by atoms with Crippen molar-refractivity contribution in [3.63, 3.8) is 0 Å². The standard InChI is InChI=1S/C25H19N2.C14H16NSi.Ir/c1-17-9-8-10-18(2)25(17)27-23-14-7-6-13-20(23)21-16-26-22(15-24(21)27)19-11-4-3-5-12-19;1-16(2,3)13-9-10-14(15-11-13)12-7-5-4-6-8-12;/h3-11,13-16H,1-2H3;4-7,9-11H,1-3H3;/q2*-1;. The first-order valence-electron chi connectivity index (χ1n) is 14.7. The van der Waals surface area contributed by atoms with Crippen LogP contribution in [-0.2, 0) is 20.1 Å². The molecular weight excluding hydrogens is 731 g/mol. The molecule has 7 aromatic rings. The van der Waals surface area contributed by atoms with E-state index in [1.54, 1.807) is 0 Å². The molecule has 5 heteroatoms. The molecule has 3 aromatic heterocycles. The summed E-state index contributed by atoms with van der Waals surface area (Å²) in [4.78, 5) is 9.25. The molecule has 7 rings (SSSR count). The van der Waals surface area contributed by atoms with Crippen LogP contribution in [0, 0.1) is 26.0 Å². The first-order valence-corrected chi connectivity index (χ1v) is 18.2. The Morgan fingerprint density at radius 1 is 0.591 bits per heavy atom. The van der Waals surface area contributed by atoms with Crippen molar-refractivity contribution in [2.24, 2.45) is 0 Å². The fraction of sp³-hybridized carbons (Fsp3) is 0.128. The molecule has 0 saturated carbocycles. The fourth-order valence-corrected chi connectivity index (χ4v) is 6.55. The number of rotatable bonds is 4. The Kier molecular flexibility index (Phi) is 9.41. The van der Waals surface area contributed by atoms with E-state index in [0.29, 0.717) is 0 Å². The zero-order valence-electron chi connectivity index (χ0n) is 25.7. The van der Waals surface area contributed by atoms with E-state index in [0.717, 1.165) is 22.5 Å². The molecule has 0 amide bonds. The van der Waals surface area contributed by atoms with E-state index < -0.39 is 8.07 Å². The van der Waals surface area contributed by atoms with Gasteiger partial charge < -0.3 is 14.5 Å². The van der Waals surface area contributed by atoms with Gasteiger partial charge in [0.15, 0.2) is 0 Å². The first kappa shape index (κ1) is 31.3. The molecule has 0 aliphatic rings. The van der Waals surface area contributed by atoms with Gasteiger partial charge in [-0.05, 0) is 47.6 Å². The van der Waals surface area contributed by atoms with Gasteiger partial charge in [0.1, 0.15) is 0 Å². The summed E-state index contributed by atoms with van der Waals surface area (Å²) in [6.07, 6.45) is 4.01. The number of nitrogens with zero attached hydrogens (tertiary/aromatic N) is 3. The third-order valence-electron chi connectivity index (χ3n) is 7.82. The molecule has 0 aliphatic carbocycles. The number of benzene rings is 4. The van der Waals surface area contributed by atoms with E-state index in [-0.39, 0.29) is 20.1 Å². The van der Waals surface area contributed by atoms with Gasteiger partial charge >= 0.3 is 0 Å². The molecule has 221 valence electrons. The van der Waals surface area contributed by atoms with Gasteiger partial charge in [0.25, 0.3) is 0 Å². The molecule has 3 nitrogen and oxygen atoms in total. The van der Waals surface area contributed by atoms with Crippen molar-refractivity contribution in [1.29, 1.82) is 0 Å². The molecule has 3 heterocycles. The normalized spacial score (nSPS) is 11.1. The van der Waals surface area contributed by atoms with E-state index in [9.17, 15) is 0 Å². The van der Waals surface area contributed by atoms with Gasteiger partial charge in [0.2, 0.25) is 0 Å². The van der Waals surface area contributed by atoms with Crippen molar-refractivity contribution < 1.29 is 20.1 Å². The second kappa shape index (κ2) is 13.2. The van der Waals surface area contributed by atoms with E-state index in [1.165, 1.54) is 43.8 Å². The monoisotopic (exact) mass is 766 g/mol. The van der Waals surface area contributed by atoms with E-state index in [1.807, 2.05) is 54.9 Å². The Hall–Kier alpha value is -4.15. The summed E-state index contributed by atoms with van der Waals surface area (Å²) < 4.78 is 2.38. The van der Waals surface area contributed by atoms with Crippen LogP contribution in [0.3, 0.4) is 0 Å². The Balaban J connectivity index is 0.000000194. The number of pyridine rings is 2. The minimum atomic E-state index is -1.23. The van der Waals surface area contributed by atoms with Crippen molar-refractivity contribution in [1.82, 2.24) is 14.5 Å². The summed E-state index contributed by atoms with van der Waals surface area (Å²) >= 11 is 0. The average molecular weight is 766 g/mol. The first-order chi connectivity index (χ1) is 20.8. The molecule has 0 N–H and O–H groups in total. The number of aromatic nitrogens is 3. The van der Waals surface area contributed by atoms with Crippen LogP contribution in [0.1, 0.15) is 11.1 Å². The summed E-state index contributed by atoms with van der Waals surface area (Å²) in [5.41, 5.74) is 10.2. The minimum absolute atomic E-state index is 0. The van der Waals surface area contributed by atoms with E-state index in [2.05, 4.69) is 122 Å². The van der Waals surface area contributed by atoms with Crippen LogP contribution < -0.4 is 5.19 Å². The molecule has 1 radical (unpaired) electrons. The van der Waals surface area contributed by atoms with Crippen LogP contribution in [-0.4, -0.2) is 22.6 Å². The fourth-order valence-electron chi connectivity index (χ4n) is 5.51. The maximum Gasteiger partial charge on any atom is 0.0795 e. The van der Waals surface area contributed by atoms with Crippen LogP contribution in [0.4, 0.5) is 0 Å². The van der Waals surface area contributed by atoms with Crippen LogP contribution in [0.2, 0.25) is 19.6 Å². The van der Waals surface area contributed by atoms with Gasteiger partial charge in [-0.1, -0.05) is 74.2 Å². The minimum Gasteiger partial charge on any atom is -0.309 e. The van der Waals surface area contributed by atoms with Gasteiger partial charge in [-0.15, -0.1) is 71.8 Å². The van der Waals surface area contributed by atoms with Crippen LogP contribution in [0.25, 0.3) is 50.0 Å². The number of fused-ring (bicyclic) bond motifs is 3. The maximum atomic E-state index is 4.73. The van der Waals surface area contributed by atoms with Gasteiger partial charge in [-0.25, -0.2) is 0 Å². The molecule has 0 atom stereocenters. The van der Waals surface area contributed by atoms with Crippen molar-refractivity contribution in [3.8, 4) is 28.2 Å². The largest absolute Gasteiger partial charge is 0.309 e. The summed E-state index contributed by atoms with van der Waals surface area (Å²) in [5, 5.41) is 3.80. The second-order valence-corrected chi connectivity index (χ2v) is 17.0. The maximum absolute atomic E-state index is 4.73. The van der Waals surface area contributed by atoms with Crippen molar-refractivity contribution in [2.75, 3.05) is 0 Å². The zero-order valence-corrected chi connectivity index (χ0v) is 29.1. The Labute approximate surface area is 275 Å². The smallest absolute Gasteiger partial charge is 0.0795 e. The van der Waals surface area contributed by atoms with E-state index >= 15 is 0 Å². The molecule has 0 saturated heterocycles. The summed E-state index contributed by atoms with van der Waals surface area (Å²) in [7, 11) is -1.23. The number of aryl methyl sites for hydroxylation is 2. The van der Waals surface area contributed by atoms with Gasteiger partial charge in [-0.2, -0.15) is 0 Å².